The van der Waals surface area contributed by atoms with Crippen LogP contribution in [0.4, 0.5) is 0 Å². The molecule has 0 bridgehead atoms. The van der Waals surface area contributed by atoms with E-state index in [0.29, 0.717) is 17.5 Å². The van der Waals surface area contributed by atoms with E-state index in [1.165, 1.54) is 47.4 Å². The molecule has 0 aliphatic rings. The lowest BCUT2D eigenvalue weighted by Crippen LogP contribution is -2.00. The second-order valence-corrected chi connectivity index (χ2v) is 14.4. The van der Waals surface area contributed by atoms with E-state index in [1.807, 2.05) is 72.0 Å². The van der Waals surface area contributed by atoms with Gasteiger partial charge in [-0.05, 0) is 72.8 Å². The van der Waals surface area contributed by atoms with Crippen molar-refractivity contribution in [3.63, 3.8) is 0 Å². The topological polar surface area (TPSA) is 48.5 Å². The normalized spacial score (nSPS) is 11.8. The molecule has 4 aromatic heterocycles. The van der Waals surface area contributed by atoms with Crippen LogP contribution in [0.5, 0.6) is 0 Å². The van der Waals surface area contributed by atoms with Crippen molar-refractivity contribution in [2.75, 3.05) is 0 Å². The van der Waals surface area contributed by atoms with Crippen LogP contribution >= 0.6 is 11.3 Å². The number of para-hydroxylation sites is 1. The van der Waals surface area contributed by atoms with Gasteiger partial charge in [-0.3, -0.25) is 0 Å². The average Bonchev–Trinajstić information content (AvgIpc) is 3.91. The first kappa shape index (κ1) is 29.8. The Morgan fingerprint density at radius 1 is 0.377 bits per heavy atom. The molecule has 0 N–H and O–H groups in total. The molecular formula is C47H29N5S. The summed E-state index contributed by atoms with van der Waals surface area (Å²) < 4.78 is 7.28. The van der Waals surface area contributed by atoms with E-state index >= 15 is 0 Å². The minimum atomic E-state index is 0.640. The van der Waals surface area contributed by atoms with Crippen molar-refractivity contribution in [2.45, 2.75) is 0 Å². The molecule has 11 aromatic rings. The Balaban J connectivity index is 1.12. The first-order chi connectivity index (χ1) is 26.2. The van der Waals surface area contributed by atoms with E-state index in [0.717, 1.165) is 33.6 Å². The van der Waals surface area contributed by atoms with E-state index in [-0.39, 0.29) is 0 Å². The van der Waals surface area contributed by atoms with Crippen LogP contribution in [-0.2, 0) is 0 Å². The molecule has 248 valence electrons. The largest absolute Gasteiger partial charge is 0.316 e. The smallest absolute Gasteiger partial charge is 0.164 e. The average molecular weight is 696 g/mol. The van der Waals surface area contributed by atoms with Gasteiger partial charge in [0, 0.05) is 70.6 Å². The van der Waals surface area contributed by atoms with Crippen LogP contribution < -0.4 is 0 Å². The van der Waals surface area contributed by atoms with Gasteiger partial charge >= 0.3 is 0 Å². The predicted molar refractivity (Wildman–Crippen MR) is 220 cm³/mol. The Hall–Kier alpha value is -6.89. The molecule has 0 aliphatic carbocycles. The summed E-state index contributed by atoms with van der Waals surface area (Å²) in [4.78, 5) is 14.9. The fourth-order valence-corrected chi connectivity index (χ4v) is 8.77. The maximum Gasteiger partial charge on any atom is 0.164 e. The zero-order valence-corrected chi connectivity index (χ0v) is 29.2. The van der Waals surface area contributed by atoms with Crippen LogP contribution in [0, 0.1) is 0 Å². The zero-order chi connectivity index (χ0) is 34.9. The van der Waals surface area contributed by atoms with Gasteiger partial charge in [-0.25, -0.2) is 15.0 Å². The van der Waals surface area contributed by atoms with Crippen molar-refractivity contribution in [2.24, 2.45) is 0 Å². The summed E-state index contributed by atoms with van der Waals surface area (Å²) in [6, 6.07) is 59.9. The molecule has 5 nitrogen and oxygen atoms in total. The van der Waals surface area contributed by atoms with E-state index in [2.05, 4.69) is 125 Å². The van der Waals surface area contributed by atoms with Crippen molar-refractivity contribution in [3.8, 4) is 45.5 Å². The van der Waals surface area contributed by atoms with Gasteiger partial charge in [-0.1, -0.05) is 97.1 Å². The van der Waals surface area contributed by atoms with E-state index in [9.17, 15) is 0 Å². The summed E-state index contributed by atoms with van der Waals surface area (Å²) in [7, 11) is 0. The van der Waals surface area contributed by atoms with Gasteiger partial charge in [0.2, 0.25) is 0 Å². The van der Waals surface area contributed by atoms with E-state index < -0.39 is 0 Å². The van der Waals surface area contributed by atoms with Crippen LogP contribution in [0.1, 0.15) is 0 Å². The maximum atomic E-state index is 4.98. The van der Waals surface area contributed by atoms with Crippen molar-refractivity contribution in [1.29, 1.82) is 0 Å². The molecule has 4 heterocycles. The molecule has 0 saturated carbocycles. The van der Waals surface area contributed by atoms with Crippen molar-refractivity contribution >= 4 is 64.2 Å². The fraction of sp³-hybridized carbons (Fsp3) is 0. The number of rotatable bonds is 5. The van der Waals surface area contributed by atoms with Crippen LogP contribution in [0.25, 0.3) is 98.4 Å². The second kappa shape index (κ2) is 11.8. The van der Waals surface area contributed by atoms with Gasteiger partial charge in [0.1, 0.15) is 0 Å². The third kappa shape index (κ3) is 4.88. The molecule has 11 rings (SSSR count). The Kier molecular flexibility index (Phi) is 6.66. The maximum absolute atomic E-state index is 4.98. The van der Waals surface area contributed by atoms with Crippen LogP contribution in [0.3, 0.4) is 0 Å². The van der Waals surface area contributed by atoms with Crippen molar-refractivity contribution in [1.82, 2.24) is 24.1 Å². The Morgan fingerprint density at radius 2 is 0.943 bits per heavy atom. The lowest BCUT2D eigenvalue weighted by molar-refractivity contribution is 1.07. The molecule has 0 spiro atoms. The summed E-state index contributed by atoms with van der Waals surface area (Å²) in [5, 5.41) is 6.29. The van der Waals surface area contributed by atoms with Crippen LogP contribution in [0.15, 0.2) is 176 Å². The molecular weight excluding hydrogens is 667 g/mol. The summed E-state index contributed by atoms with van der Waals surface area (Å²) >= 11 is 1.85. The van der Waals surface area contributed by atoms with Gasteiger partial charge in [0.05, 0.1) is 16.6 Å². The Bertz CT molecular complexity index is 3080. The van der Waals surface area contributed by atoms with Gasteiger partial charge in [-0.15, -0.1) is 11.3 Å². The van der Waals surface area contributed by atoms with Crippen LogP contribution in [-0.4, -0.2) is 24.1 Å². The lowest BCUT2D eigenvalue weighted by Gasteiger charge is -2.11. The van der Waals surface area contributed by atoms with Crippen LogP contribution in [0.2, 0.25) is 0 Å². The number of hydrogen-bond donors (Lipinski definition) is 0. The molecule has 0 fully saturated rings. The molecule has 0 unspecified atom stereocenters. The molecule has 0 saturated heterocycles. The SMILES string of the molecule is c1ccc(-c2nc(-c3ccccc3)nc(-c3ccc(-n4c5cc6sc7ccccc7c6cc5c5cc6ccn(-c7ccccc7)c6cc54)cc3)n2)cc1. The highest BCUT2D eigenvalue weighted by Gasteiger charge is 2.19. The third-order valence-electron chi connectivity index (χ3n) is 10.2. The Labute approximate surface area is 308 Å². The molecule has 0 atom stereocenters. The standard InChI is InChI=1S/C47H29N5S/c1-4-12-30(13-5-1)45-48-46(31-14-6-2-7-15-31)50-47(49-45)32-20-22-35(23-21-32)52-41-28-40-33(24-25-51(40)34-16-8-3-9-17-34)26-37(41)38-27-39-36-18-10-11-19-43(36)53-44(39)29-42(38)52/h1-29H. The first-order valence-electron chi connectivity index (χ1n) is 17.7. The number of fused-ring (bicyclic) bond motifs is 7. The van der Waals surface area contributed by atoms with Gasteiger partial charge in [0.25, 0.3) is 0 Å². The number of benzene rings is 7. The number of hydrogen-bond acceptors (Lipinski definition) is 4. The molecule has 0 radical (unpaired) electrons. The van der Waals surface area contributed by atoms with E-state index in [4.69, 9.17) is 15.0 Å². The van der Waals surface area contributed by atoms with Gasteiger partial charge < -0.3 is 9.13 Å². The van der Waals surface area contributed by atoms with Gasteiger partial charge in [0.15, 0.2) is 17.5 Å². The summed E-state index contributed by atoms with van der Waals surface area (Å²) in [5.41, 5.74) is 8.57. The summed E-state index contributed by atoms with van der Waals surface area (Å²) in [5.74, 6) is 1.94. The quantitative estimate of drug-likeness (QED) is 0.180. The Morgan fingerprint density at radius 3 is 1.62 bits per heavy atom. The van der Waals surface area contributed by atoms with Gasteiger partial charge in [-0.2, -0.15) is 0 Å². The summed E-state index contributed by atoms with van der Waals surface area (Å²) in [6.07, 6.45) is 2.17. The second-order valence-electron chi connectivity index (χ2n) is 13.3. The minimum Gasteiger partial charge on any atom is -0.316 e. The monoisotopic (exact) mass is 695 g/mol. The third-order valence-corrected chi connectivity index (χ3v) is 11.3. The number of aromatic nitrogens is 5. The number of thiophene rings is 1. The first-order valence-corrected chi connectivity index (χ1v) is 18.5. The molecule has 0 amide bonds. The number of nitrogens with zero attached hydrogens (tertiary/aromatic N) is 5. The van der Waals surface area contributed by atoms with E-state index in [1.54, 1.807) is 0 Å². The highest BCUT2D eigenvalue weighted by atomic mass is 32.1. The predicted octanol–water partition coefficient (Wildman–Crippen LogP) is 12.3. The fourth-order valence-electron chi connectivity index (χ4n) is 7.65. The highest BCUT2D eigenvalue weighted by molar-refractivity contribution is 7.25. The minimum absolute atomic E-state index is 0.640. The molecule has 0 aliphatic heterocycles. The lowest BCUT2D eigenvalue weighted by atomic mass is 10.1. The molecule has 7 aromatic carbocycles. The van der Waals surface area contributed by atoms with Crippen molar-refractivity contribution < 1.29 is 0 Å². The molecule has 6 heteroatoms. The summed E-state index contributed by atoms with van der Waals surface area (Å²) in [6.45, 7) is 0. The van der Waals surface area contributed by atoms with Crippen molar-refractivity contribution in [3.05, 3.63) is 176 Å². The highest BCUT2D eigenvalue weighted by Crippen LogP contribution is 2.42. The molecule has 53 heavy (non-hydrogen) atoms. The zero-order valence-electron chi connectivity index (χ0n) is 28.4.